The molecule has 2 rings (SSSR count). The van der Waals surface area contributed by atoms with Gasteiger partial charge in [-0.1, -0.05) is 13.8 Å². The average Bonchev–Trinajstić information content (AvgIpc) is 2.80. The minimum atomic E-state index is -2.72. The fraction of sp³-hybridized carbons (Fsp3) is 0.263. The lowest BCUT2D eigenvalue weighted by Gasteiger charge is -2.27. The van der Waals surface area contributed by atoms with E-state index in [0.717, 1.165) is 13.8 Å². The van der Waals surface area contributed by atoms with E-state index in [0.29, 0.717) is 0 Å². The van der Waals surface area contributed by atoms with Crippen molar-refractivity contribution in [3.63, 3.8) is 0 Å². The Morgan fingerprint density at radius 3 is 0.939 bits per heavy atom. The maximum absolute atomic E-state index is 13.8. The smallest absolute Gasteiger partial charge is 0.329 e. The van der Waals surface area contributed by atoms with Gasteiger partial charge < -0.3 is 9.47 Å². The van der Waals surface area contributed by atoms with Crippen molar-refractivity contribution in [3.8, 4) is 11.5 Å². The molecule has 0 saturated heterocycles. The number of esters is 2. The Labute approximate surface area is 177 Å². The van der Waals surface area contributed by atoms with Crippen LogP contribution in [0.3, 0.4) is 0 Å². The second-order valence-corrected chi connectivity index (χ2v) is 6.37. The van der Waals surface area contributed by atoms with E-state index in [1.54, 1.807) is 0 Å². The van der Waals surface area contributed by atoms with E-state index < -0.39 is 99.9 Å². The van der Waals surface area contributed by atoms with Crippen molar-refractivity contribution in [2.75, 3.05) is 0 Å². The first kappa shape index (κ1) is 25.9. The summed E-state index contributed by atoms with van der Waals surface area (Å²) >= 11 is 0. The second kappa shape index (κ2) is 9.27. The monoisotopic (exact) mass is 492 g/mol. The molecule has 0 spiro atoms. The zero-order valence-electron chi connectivity index (χ0n) is 16.3. The van der Waals surface area contributed by atoms with Crippen molar-refractivity contribution in [1.29, 1.82) is 0 Å². The molecule has 0 saturated carbocycles. The zero-order valence-corrected chi connectivity index (χ0v) is 16.3. The number of hydrogen-bond donors (Lipinski definition) is 0. The molecule has 0 aliphatic rings. The van der Waals surface area contributed by atoms with Crippen molar-refractivity contribution in [3.05, 3.63) is 58.2 Å². The third kappa shape index (κ3) is 4.09. The van der Waals surface area contributed by atoms with Gasteiger partial charge in [-0.2, -0.15) is 17.6 Å². The summed E-state index contributed by atoms with van der Waals surface area (Å²) in [4.78, 5) is 25.0. The van der Waals surface area contributed by atoms with Gasteiger partial charge in [-0.15, -0.1) is 0 Å². The highest BCUT2D eigenvalue weighted by Gasteiger charge is 2.48. The third-order valence-corrected chi connectivity index (χ3v) is 4.72. The van der Waals surface area contributed by atoms with Crippen LogP contribution in [-0.4, -0.2) is 11.9 Å². The highest BCUT2D eigenvalue weighted by molar-refractivity contribution is 6.01. The van der Waals surface area contributed by atoms with Crippen LogP contribution < -0.4 is 9.47 Å². The Hall–Kier alpha value is -3.32. The highest BCUT2D eigenvalue weighted by Crippen LogP contribution is 2.37. The summed E-state index contributed by atoms with van der Waals surface area (Å²) in [5, 5.41) is 0. The number of benzene rings is 2. The Bertz CT molecular complexity index is 1000. The first-order valence-electron chi connectivity index (χ1n) is 8.74. The van der Waals surface area contributed by atoms with E-state index in [4.69, 9.17) is 0 Å². The number of hydrogen-bond acceptors (Lipinski definition) is 4. The molecule has 0 fully saturated rings. The molecule has 0 aliphatic heterocycles. The van der Waals surface area contributed by atoms with Crippen LogP contribution in [-0.2, 0) is 9.59 Å². The van der Waals surface area contributed by atoms with Gasteiger partial charge in [0, 0.05) is 0 Å². The topological polar surface area (TPSA) is 52.6 Å². The predicted octanol–water partition coefficient (Wildman–Crippen LogP) is 5.40. The van der Waals surface area contributed by atoms with Gasteiger partial charge in [-0.3, -0.25) is 9.59 Å². The fourth-order valence-electron chi connectivity index (χ4n) is 2.64. The van der Waals surface area contributed by atoms with E-state index in [2.05, 4.69) is 9.47 Å². The lowest BCUT2D eigenvalue weighted by atomic mass is 9.82. The first-order chi connectivity index (χ1) is 15.3. The average molecular weight is 492 g/mol. The molecule has 0 bridgehead atoms. The minimum absolute atomic E-state index is 0.716. The summed E-state index contributed by atoms with van der Waals surface area (Å²) in [6, 6.07) is 0. The van der Waals surface area contributed by atoms with E-state index in [-0.39, 0.29) is 0 Å². The zero-order chi connectivity index (χ0) is 25.4. The van der Waals surface area contributed by atoms with Gasteiger partial charge in [0.1, 0.15) is 0 Å². The van der Waals surface area contributed by atoms with Crippen molar-refractivity contribution in [2.45, 2.75) is 26.7 Å². The summed E-state index contributed by atoms with van der Waals surface area (Å²) in [5.41, 5.74) is -2.72. The van der Waals surface area contributed by atoms with Gasteiger partial charge in [0.2, 0.25) is 69.7 Å². The van der Waals surface area contributed by atoms with E-state index in [9.17, 15) is 53.5 Å². The molecule has 33 heavy (non-hydrogen) atoms. The van der Waals surface area contributed by atoms with Gasteiger partial charge in [-0.25, -0.2) is 26.3 Å². The highest BCUT2D eigenvalue weighted by atomic mass is 19.2. The quantitative estimate of drug-likeness (QED) is 0.136. The summed E-state index contributed by atoms with van der Waals surface area (Å²) in [6.07, 6.45) is -1.43. The van der Waals surface area contributed by atoms with Crippen LogP contribution in [0, 0.1) is 63.6 Å². The molecule has 0 aliphatic carbocycles. The van der Waals surface area contributed by atoms with Crippen LogP contribution in [0.25, 0.3) is 0 Å². The number of carbonyl (C=O) groups excluding carboxylic acids is 2. The summed E-state index contributed by atoms with van der Waals surface area (Å²) in [5.74, 6) is -33.6. The van der Waals surface area contributed by atoms with Crippen LogP contribution in [0.5, 0.6) is 11.5 Å². The van der Waals surface area contributed by atoms with Crippen molar-refractivity contribution >= 4 is 11.9 Å². The van der Waals surface area contributed by atoms with Crippen LogP contribution in [0.1, 0.15) is 26.7 Å². The van der Waals surface area contributed by atoms with E-state index in [1.165, 1.54) is 0 Å². The molecule has 2 aromatic carbocycles. The van der Waals surface area contributed by atoms with Gasteiger partial charge >= 0.3 is 11.9 Å². The van der Waals surface area contributed by atoms with Crippen LogP contribution in [0.15, 0.2) is 0 Å². The molecule has 0 atom stereocenters. The summed E-state index contributed by atoms with van der Waals surface area (Å²) in [6.45, 7) is 2.09. The van der Waals surface area contributed by atoms with E-state index in [1.807, 2.05) is 0 Å². The Morgan fingerprint density at radius 2 is 0.727 bits per heavy atom. The van der Waals surface area contributed by atoms with Gasteiger partial charge in [0.25, 0.3) is 0 Å². The van der Waals surface area contributed by atoms with Crippen LogP contribution >= 0.6 is 0 Å². The number of halogens is 10. The Kier molecular flexibility index (Phi) is 7.29. The fourth-order valence-corrected chi connectivity index (χ4v) is 2.64. The molecular formula is C19H10F10O4. The predicted molar refractivity (Wildman–Crippen MR) is 86.7 cm³/mol. The Morgan fingerprint density at radius 1 is 0.515 bits per heavy atom. The second-order valence-electron chi connectivity index (χ2n) is 6.37. The number of rotatable bonds is 6. The molecule has 0 heterocycles. The molecular weight excluding hydrogens is 482 g/mol. The third-order valence-electron chi connectivity index (χ3n) is 4.72. The summed E-state index contributed by atoms with van der Waals surface area (Å²) in [7, 11) is 0. The Balaban J connectivity index is 2.52. The molecule has 14 heteroatoms. The molecule has 0 N–H and O–H groups in total. The lowest BCUT2D eigenvalue weighted by Crippen LogP contribution is -2.44. The number of ether oxygens (including phenoxy) is 2. The lowest BCUT2D eigenvalue weighted by molar-refractivity contribution is -0.162. The maximum Gasteiger partial charge on any atom is 0.329 e. The SMILES string of the molecule is CCC(CC)(C(=O)Oc1c(F)c(F)c(F)c(F)c1F)C(=O)Oc1c(F)c(F)c(F)c(F)c1F. The van der Waals surface area contributed by atoms with Crippen molar-refractivity contribution < 1.29 is 63.0 Å². The number of carbonyl (C=O) groups is 2. The largest absolute Gasteiger partial charge is 0.419 e. The molecule has 2 aromatic rings. The van der Waals surface area contributed by atoms with Crippen LogP contribution in [0.2, 0.25) is 0 Å². The molecule has 0 aromatic heterocycles. The summed E-state index contributed by atoms with van der Waals surface area (Å²) < 4.78 is 143. The molecule has 180 valence electrons. The van der Waals surface area contributed by atoms with Crippen LogP contribution in [0.4, 0.5) is 43.9 Å². The maximum atomic E-state index is 13.8. The van der Waals surface area contributed by atoms with Gasteiger partial charge in [0.05, 0.1) is 0 Å². The van der Waals surface area contributed by atoms with Gasteiger partial charge in [-0.05, 0) is 12.8 Å². The van der Waals surface area contributed by atoms with Crippen molar-refractivity contribution in [2.24, 2.45) is 5.41 Å². The normalized spacial score (nSPS) is 11.5. The van der Waals surface area contributed by atoms with E-state index >= 15 is 0 Å². The van der Waals surface area contributed by atoms with Gasteiger partial charge in [0.15, 0.2) is 5.41 Å². The molecule has 4 nitrogen and oxygen atoms in total. The van der Waals surface area contributed by atoms with Crippen molar-refractivity contribution in [1.82, 2.24) is 0 Å². The minimum Gasteiger partial charge on any atom is -0.419 e. The molecule has 0 amide bonds. The molecule has 0 radical (unpaired) electrons. The first-order valence-corrected chi connectivity index (χ1v) is 8.74. The standard InChI is InChI=1S/C19H10F10O4/c1-3-19(4-2,17(30)32-15-11(26)7(22)5(20)8(23)12(15)27)18(31)33-16-13(28)9(24)6(21)10(25)14(16)29/h3-4H2,1-2H3. The molecule has 0 unspecified atom stereocenters.